The van der Waals surface area contributed by atoms with Gasteiger partial charge in [-0.3, -0.25) is 14.9 Å². The number of benzene rings is 3. The lowest BCUT2D eigenvalue weighted by atomic mass is 9.84. The van der Waals surface area contributed by atoms with E-state index in [-0.39, 0.29) is 28.5 Å². The number of nitro benzene ring substituents is 1. The fourth-order valence-corrected chi connectivity index (χ4v) is 4.24. The molecule has 0 saturated heterocycles. The molecule has 1 N–H and O–H groups in total. The van der Waals surface area contributed by atoms with Gasteiger partial charge in [-0.2, -0.15) is 10.2 Å². The van der Waals surface area contributed by atoms with E-state index in [9.17, 15) is 20.0 Å². The van der Waals surface area contributed by atoms with Gasteiger partial charge in [0.2, 0.25) is 0 Å². The predicted octanol–water partition coefficient (Wildman–Crippen LogP) is 5.94. The van der Waals surface area contributed by atoms with Gasteiger partial charge >= 0.3 is 0 Å². The Morgan fingerprint density at radius 2 is 1.53 bits per heavy atom. The van der Waals surface area contributed by atoms with Gasteiger partial charge in [-0.05, 0) is 17.7 Å². The van der Waals surface area contributed by atoms with Crippen molar-refractivity contribution in [3.63, 3.8) is 0 Å². The molecule has 2 atom stereocenters. The van der Waals surface area contributed by atoms with Gasteiger partial charge < -0.3 is 5.11 Å². The van der Waals surface area contributed by atoms with Gasteiger partial charge in [0.1, 0.15) is 11.8 Å². The third-order valence-corrected chi connectivity index (χ3v) is 5.75. The molecule has 3 aromatic carbocycles. The van der Waals surface area contributed by atoms with Crippen LogP contribution in [-0.2, 0) is 0 Å². The van der Waals surface area contributed by atoms with Crippen LogP contribution in [0.5, 0.6) is 0 Å². The second-order valence-electron chi connectivity index (χ2n) is 7.56. The molecule has 2 aliphatic rings. The van der Waals surface area contributed by atoms with E-state index >= 15 is 0 Å². The lowest BCUT2D eigenvalue weighted by Gasteiger charge is -2.25. The van der Waals surface area contributed by atoms with Crippen LogP contribution in [0.25, 0.3) is 5.76 Å². The van der Waals surface area contributed by atoms with Crippen LogP contribution < -0.4 is 0 Å². The Morgan fingerprint density at radius 3 is 2.25 bits per heavy atom. The number of carbonyl (C=O) groups excluding carboxylic acids is 1. The molecular weight excluding hydrogens is 406 g/mol. The van der Waals surface area contributed by atoms with Crippen molar-refractivity contribution in [2.45, 2.75) is 12.0 Å². The number of hydrogen-bond acceptors (Lipinski definition) is 6. The number of aliphatic hydroxyl groups excluding tert-OH is 1. The van der Waals surface area contributed by atoms with E-state index in [1.165, 1.54) is 6.07 Å². The summed E-state index contributed by atoms with van der Waals surface area (Å²) >= 11 is 0. The summed E-state index contributed by atoms with van der Waals surface area (Å²) in [5, 5.41) is 31.0. The van der Waals surface area contributed by atoms with E-state index in [0.29, 0.717) is 16.7 Å². The zero-order valence-corrected chi connectivity index (χ0v) is 16.8. The van der Waals surface area contributed by atoms with Crippen molar-refractivity contribution < 1.29 is 14.8 Å². The molecule has 5 rings (SSSR count). The molecule has 0 bridgehead atoms. The molecular formula is C25H17N3O4. The van der Waals surface area contributed by atoms with Gasteiger partial charge in [0.15, 0.2) is 5.78 Å². The van der Waals surface area contributed by atoms with Crippen LogP contribution in [0.2, 0.25) is 0 Å². The molecule has 0 amide bonds. The molecule has 7 nitrogen and oxygen atoms in total. The zero-order chi connectivity index (χ0) is 22.2. The highest BCUT2D eigenvalue weighted by molar-refractivity contribution is 6.22. The molecule has 0 aromatic heterocycles. The van der Waals surface area contributed by atoms with Crippen LogP contribution in [0.1, 0.15) is 39.0 Å². The largest absolute Gasteiger partial charge is 0.506 e. The number of rotatable bonds is 4. The fraction of sp³-hybridized carbons (Fsp3) is 0.0800. The first-order chi connectivity index (χ1) is 15.6. The number of fused-ring (bicyclic) bond motifs is 1. The summed E-state index contributed by atoms with van der Waals surface area (Å²) in [6.45, 7) is 0. The van der Waals surface area contributed by atoms with Crippen molar-refractivity contribution in [2.75, 3.05) is 0 Å². The minimum Gasteiger partial charge on any atom is -0.506 e. The zero-order valence-electron chi connectivity index (χ0n) is 16.8. The summed E-state index contributed by atoms with van der Waals surface area (Å²) in [6, 6.07) is 22.1. The van der Waals surface area contributed by atoms with Crippen molar-refractivity contribution in [2.24, 2.45) is 10.2 Å². The number of nitrogens with zero attached hydrogens (tertiary/aromatic N) is 3. The number of carbonyl (C=O) groups is 1. The third-order valence-electron chi connectivity index (χ3n) is 5.75. The molecule has 0 fully saturated rings. The highest BCUT2D eigenvalue weighted by Gasteiger charge is 2.37. The highest BCUT2D eigenvalue weighted by Crippen LogP contribution is 2.45. The average molecular weight is 423 g/mol. The van der Waals surface area contributed by atoms with Gasteiger partial charge in [0.25, 0.3) is 5.69 Å². The van der Waals surface area contributed by atoms with Crippen LogP contribution in [0, 0.1) is 10.1 Å². The molecule has 0 saturated carbocycles. The van der Waals surface area contributed by atoms with E-state index in [4.69, 9.17) is 0 Å². The molecule has 0 unspecified atom stereocenters. The first-order valence-corrected chi connectivity index (χ1v) is 10.0. The molecule has 3 aromatic rings. The number of para-hydroxylation sites is 1. The number of nitro groups is 1. The number of hydrogen-bond donors (Lipinski definition) is 1. The summed E-state index contributed by atoms with van der Waals surface area (Å²) in [4.78, 5) is 24.2. The standard InChI is InChI=1S/C25H17N3O4/c29-24-16-10-4-5-11-17(16)25(30)22(24)20-14-19(15-8-2-1-3-9-15)23(27-26-20)18-12-6-7-13-21(18)28(31)32/h1-14,19,23,29H/t19-,23+/m0/s1. The van der Waals surface area contributed by atoms with Crippen molar-refractivity contribution in [3.05, 3.63) is 129 Å². The summed E-state index contributed by atoms with van der Waals surface area (Å²) in [5.74, 6) is -0.868. The van der Waals surface area contributed by atoms with Gasteiger partial charge in [0, 0.05) is 23.1 Å². The molecule has 1 aliphatic carbocycles. The van der Waals surface area contributed by atoms with E-state index < -0.39 is 16.9 Å². The molecule has 1 aliphatic heterocycles. The Labute approximate surface area is 183 Å². The monoisotopic (exact) mass is 423 g/mol. The Bertz CT molecular complexity index is 1340. The summed E-state index contributed by atoms with van der Waals surface area (Å²) in [5.41, 5.74) is 2.48. The van der Waals surface area contributed by atoms with Gasteiger partial charge in [-0.25, -0.2) is 0 Å². The number of aliphatic hydroxyl groups is 1. The van der Waals surface area contributed by atoms with Crippen molar-refractivity contribution in [3.8, 4) is 0 Å². The fourth-order valence-electron chi connectivity index (χ4n) is 4.24. The predicted molar refractivity (Wildman–Crippen MR) is 118 cm³/mol. The Kier molecular flexibility index (Phi) is 4.71. The van der Waals surface area contributed by atoms with E-state index in [1.807, 2.05) is 30.3 Å². The van der Waals surface area contributed by atoms with Crippen LogP contribution in [0.4, 0.5) is 5.69 Å². The smallest absolute Gasteiger partial charge is 0.274 e. The van der Waals surface area contributed by atoms with E-state index in [1.54, 1.807) is 48.5 Å². The lowest BCUT2D eigenvalue weighted by Crippen LogP contribution is -2.14. The second-order valence-corrected chi connectivity index (χ2v) is 7.56. The van der Waals surface area contributed by atoms with Crippen LogP contribution in [0.15, 0.2) is 106 Å². The average Bonchev–Trinajstić information content (AvgIpc) is 3.09. The van der Waals surface area contributed by atoms with Crippen LogP contribution >= 0.6 is 0 Å². The highest BCUT2D eigenvalue weighted by atomic mass is 16.6. The summed E-state index contributed by atoms with van der Waals surface area (Å²) in [7, 11) is 0. The van der Waals surface area contributed by atoms with Crippen molar-refractivity contribution in [1.29, 1.82) is 0 Å². The van der Waals surface area contributed by atoms with E-state index in [2.05, 4.69) is 10.2 Å². The molecule has 1 heterocycles. The molecule has 0 spiro atoms. The van der Waals surface area contributed by atoms with Crippen molar-refractivity contribution in [1.82, 2.24) is 0 Å². The van der Waals surface area contributed by atoms with Gasteiger partial charge in [-0.1, -0.05) is 66.7 Å². The quantitative estimate of drug-likeness (QED) is 0.414. The lowest BCUT2D eigenvalue weighted by molar-refractivity contribution is -0.385. The first kappa shape index (κ1) is 19.6. The van der Waals surface area contributed by atoms with Crippen LogP contribution in [-0.4, -0.2) is 15.8 Å². The van der Waals surface area contributed by atoms with Gasteiger partial charge in [-0.15, -0.1) is 0 Å². The van der Waals surface area contributed by atoms with E-state index in [0.717, 1.165) is 5.56 Å². The maximum absolute atomic E-state index is 13.0. The number of ketones is 1. The molecule has 7 heteroatoms. The first-order valence-electron chi connectivity index (χ1n) is 10.0. The Hall–Kier alpha value is -4.39. The van der Waals surface area contributed by atoms with Crippen molar-refractivity contribution >= 4 is 17.2 Å². The Balaban J connectivity index is 1.64. The number of azo groups is 1. The number of allylic oxidation sites excluding steroid dienone is 1. The topological polar surface area (TPSA) is 105 Å². The second kappa shape index (κ2) is 7.70. The SMILES string of the molecule is O=C1C(C2=C[C@@H](c3ccccc3)[C@@H](c3ccccc3[N+](=O)[O-])N=N2)=C(O)c2ccccc21. The molecule has 156 valence electrons. The normalized spacial score (nSPS) is 19.6. The van der Waals surface area contributed by atoms with Gasteiger partial charge in [0.05, 0.1) is 21.8 Å². The molecule has 0 radical (unpaired) electrons. The maximum Gasteiger partial charge on any atom is 0.274 e. The van der Waals surface area contributed by atoms with Crippen LogP contribution in [0.3, 0.4) is 0 Å². The maximum atomic E-state index is 13.0. The number of Topliss-reactive ketones (excluding diaryl/α,β-unsaturated/α-hetero) is 1. The Morgan fingerprint density at radius 1 is 0.875 bits per heavy atom. The minimum atomic E-state index is -0.649. The minimum absolute atomic E-state index is 0.0411. The molecule has 32 heavy (non-hydrogen) atoms. The summed E-state index contributed by atoms with van der Waals surface area (Å²) in [6.07, 6.45) is 1.76. The third kappa shape index (κ3) is 3.11. The summed E-state index contributed by atoms with van der Waals surface area (Å²) < 4.78 is 0.